The summed E-state index contributed by atoms with van der Waals surface area (Å²) in [4.78, 5) is 42.2. The van der Waals surface area contributed by atoms with Gasteiger partial charge in [-0.1, -0.05) is 52.3 Å². The second-order valence-corrected chi connectivity index (χ2v) is 9.38. The van der Waals surface area contributed by atoms with Crippen LogP contribution in [0.5, 0.6) is 0 Å². The highest BCUT2D eigenvalue weighted by Crippen LogP contribution is 2.37. The van der Waals surface area contributed by atoms with Crippen molar-refractivity contribution >= 4 is 50.1 Å². The summed E-state index contributed by atoms with van der Waals surface area (Å²) in [6.07, 6.45) is 0.754. The van der Waals surface area contributed by atoms with Crippen LogP contribution in [0.2, 0.25) is 0 Å². The quantitative estimate of drug-likeness (QED) is 0.435. The summed E-state index contributed by atoms with van der Waals surface area (Å²) in [6, 6.07) is 18.8. The Labute approximate surface area is 208 Å². The molecule has 1 N–H and O–H groups in total. The first kappa shape index (κ1) is 24.0. The molecule has 3 amide bonds. The lowest BCUT2D eigenvalue weighted by atomic mass is 10.1. The third kappa shape index (κ3) is 4.85. The number of nitrogens with zero attached hydrogens (tertiary/aromatic N) is 2. The predicted octanol–water partition coefficient (Wildman–Crippen LogP) is 4.90. The molecule has 1 heterocycles. The molecule has 1 unspecified atom stereocenters. The molecule has 0 saturated heterocycles. The van der Waals surface area contributed by atoms with Crippen molar-refractivity contribution < 1.29 is 14.4 Å². The number of nitrogens with one attached hydrogen (secondary N) is 1. The monoisotopic (exact) mass is 521 g/mol. The highest BCUT2D eigenvalue weighted by atomic mass is 79.9. The fourth-order valence-electron chi connectivity index (χ4n) is 4.42. The zero-order valence-corrected chi connectivity index (χ0v) is 21.0. The Hall–Kier alpha value is -3.19. The van der Waals surface area contributed by atoms with E-state index in [-0.39, 0.29) is 24.1 Å². The van der Waals surface area contributed by atoms with E-state index in [1.165, 1.54) is 0 Å². The fraction of sp³-hybridized carbons (Fsp3) is 0.296. The molecule has 0 bridgehead atoms. The van der Waals surface area contributed by atoms with Gasteiger partial charge in [-0.25, -0.2) is 0 Å². The van der Waals surface area contributed by atoms with E-state index in [4.69, 9.17) is 0 Å². The molecule has 1 aliphatic rings. The number of rotatable bonds is 9. The van der Waals surface area contributed by atoms with Gasteiger partial charge in [0, 0.05) is 41.5 Å². The van der Waals surface area contributed by atoms with E-state index in [0.29, 0.717) is 31.6 Å². The van der Waals surface area contributed by atoms with Crippen molar-refractivity contribution in [3.05, 3.63) is 76.3 Å². The summed E-state index contributed by atoms with van der Waals surface area (Å²) in [5.41, 5.74) is 2.55. The molecule has 0 saturated carbocycles. The zero-order chi connectivity index (χ0) is 24.2. The van der Waals surface area contributed by atoms with Crippen LogP contribution in [0.25, 0.3) is 10.8 Å². The minimum atomic E-state index is -0.595. The molecular formula is C27H28BrN3O3. The first-order valence-electron chi connectivity index (χ1n) is 11.6. The molecule has 0 aliphatic carbocycles. The first-order valence-corrected chi connectivity index (χ1v) is 12.3. The van der Waals surface area contributed by atoms with Gasteiger partial charge in [0.25, 0.3) is 5.91 Å². The van der Waals surface area contributed by atoms with Crippen molar-refractivity contribution in [3.63, 3.8) is 0 Å². The van der Waals surface area contributed by atoms with Gasteiger partial charge in [0.2, 0.25) is 11.8 Å². The second-order valence-electron chi connectivity index (χ2n) is 8.46. The number of anilines is 1. The van der Waals surface area contributed by atoms with E-state index in [9.17, 15) is 14.4 Å². The molecule has 6 nitrogen and oxygen atoms in total. The number of carbonyl (C=O) groups is 3. The van der Waals surface area contributed by atoms with E-state index in [1.807, 2.05) is 67.6 Å². The van der Waals surface area contributed by atoms with Gasteiger partial charge < -0.3 is 15.1 Å². The largest absolute Gasteiger partial charge is 0.355 e. The van der Waals surface area contributed by atoms with E-state index in [0.717, 1.165) is 26.5 Å². The topological polar surface area (TPSA) is 69.7 Å². The Balaban J connectivity index is 1.45. The van der Waals surface area contributed by atoms with Crippen molar-refractivity contribution in [2.24, 2.45) is 0 Å². The molecule has 0 aromatic heterocycles. The molecule has 3 aromatic carbocycles. The summed E-state index contributed by atoms with van der Waals surface area (Å²) in [7, 11) is 0. The summed E-state index contributed by atoms with van der Waals surface area (Å²) in [5.74, 6) is -0.310. The molecule has 176 valence electrons. The summed E-state index contributed by atoms with van der Waals surface area (Å²) in [5, 5.41) is 4.83. The highest BCUT2D eigenvalue weighted by Gasteiger charge is 2.30. The standard InChI is InChI=1S/C27H28BrN3O3/c1-3-29-26(33)18(2)31(17-19-12-14-21(28)15-13-19)24(32)11-6-16-30-23-10-5-8-20-7-4-9-22(25(20)23)27(30)34/h4-5,7-10,12-15,18H,3,6,11,16-17H2,1-2H3,(H,29,33). The van der Waals surface area contributed by atoms with Crippen molar-refractivity contribution in [1.29, 1.82) is 0 Å². The van der Waals surface area contributed by atoms with Gasteiger partial charge in [0.05, 0.1) is 5.69 Å². The molecule has 3 aromatic rings. The minimum absolute atomic E-state index is 0.0262. The van der Waals surface area contributed by atoms with Crippen molar-refractivity contribution in [2.75, 3.05) is 18.0 Å². The normalized spacial score (nSPS) is 13.3. The summed E-state index contributed by atoms with van der Waals surface area (Å²) < 4.78 is 0.956. The Morgan fingerprint density at radius 1 is 1.06 bits per heavy atom. The maximum absolute atomic E-state index is 13.3. The Bertz CT molecular complexity index is 1220. The lowest BCUT2D eigenvalue weighted by Crippen LogP contribution is -2.47. The lowest BCUT2D eigenvalue weighted by Gasteiger charge is -2.29. The van der Waals surface area contributed by atoms with E-state index < -0.39 is 6.04 Å². The van der Waals surface area contributed by atoms with Crippen LogP contribution in [0.15, 0.2) is 65.1 Å². The van der Waals surface area contributed by atoms with Crippen molar-refractivity contribution in [2.45, 2.75) is 39.3 Å². The average molecular weight is 522 g/mol. The van der Waals surface area contributed by atoms with E-state index in [1.54, 1.807) is 16.7 Å². The third-order valence-corrected chi connectivity index (χ3v) is 6.73. The molecule has 0 spiro atoms. The maximum atomic E-state index is 13.3. The van der Waals surface area contributed by atoms with Crippen LogP contribution in [-0.2, 0) is 16.1 Å². The van der Waals surface area contributed by atoms with Crippen LogP contribution in [0.1, 0.15) is 42.6 Å². The fourth-order valence-corrected chi connectivity index (χ4v) is 4.69. The third-order valence-electron chi connectivity index (χ3n) is 6.21. The molecule has 1 aliphatic heterocycles. The number of likely N-dealkylation sites (N-methyl/N-ethyl adjacent to an activating group) is 1. The van der Waals surface area contributed by atoms with Crippen LogP contribution < -0.4 is 10.2 Å². The number of halogens is 1. The van der Waals surface area contributed by atoms with Gasteiger partial charge in [-0.3, -0.25) is 14.4 Å². The van der Waals surface area contributed by atoms with Crippen LogP contribution in [-0.4, -0.2) is 41.8 Å². The molecule has 34 heavy (non-hydrogen) atoms. The Kier molecular flexibility index (Phi) is 7.32. The number of benzene rings is 3. The zero-order valence-electron chi connectivity index (χ0n) is 19.4. The van der Waals surface area contributed by atoms with Crippen molar-refractivity contribution in [3.8, 4) is 0 Å². The van der Waals surface area contributed by atoms with Crippen molar-refractivity contribution in [1.82, 2.24) is 10.2 Å². The van der Waals surface area contributed by atoms with Gasteiger partial charge in [0.15, 0.2) is 0 Å². The van der Waals surface area contributed by atoms with Crippen LogP contribution >= 0.6 is 15.9 Å². The molecule has 0 fully saturated rings. The average Bonchev–Trinajstić information content (AvgIpc) is 3.11. The predicted molar refractivity (Wildman–Crippen MR) is 138 cm³/mol. The lowest BCUT2D eigenvalue weighted by molar-refractivity contribution is -0.140. The molecule has 7 heteroatoms. The summed E-state index contributed by atoms with van der Waals surface area (Å²) >= 11 is 3.43. The maximum Gasteiger partial charge on any atom is 0.258 e. The number of carbonyl (C=O) groups excluding carboxylic acids is 3. The number of amides is 3. The smallest absolute Gasteiger partial charge is 0.258 e. The highest BCUT2D eigenvalue weighted by molar-refractivity contribution is 9.10. The molecular weight excluding hydrogens is 494 g/mol. The van der Waals surface area contributed by atoms with Gasteiger partial charge in [0.1, 0.15) is 6.04 Å². The molecule has 0 radical (unpaired) electrons. The number of hydrogen-bond acceptors (Lipinski definition) is 3. The first-order chi connectivity index (χ1) is 16.4. The van der Waals surface area contributed by atoms with E-state index >= 15 is 0 Å². The Morgan fingerprint density at radius 2 is 1.76 bits per heavy atom. The van der Waals surface area contributed by atoms with Crippen LogP contribution in [0.3, 0.4) is 0 Å². The molecule has 4 rings (SSSR count). The SMILES string of the molecule is CCNC(=O)C(C)N(Cc1ccc(Br)cc1)C(=O)CCCN1C(=O)c2cccc3cccc1c23. The van der Waals surface area contributed by atoms with Crippen LogP contribution in [0, 0.1) is 0 Å². The molecule has 1 atom stereocenters. The Morgan fingerprint density at radius 3 is 2.47 bits per heavy atom. The summed E-state index contributed by atoms with van der Waals surface area (Å²) in [6.45, 7) is 4.91. The number of hydrogen-bond donors (Lipinski definition) is 1. The van der Waals surface area contributed by atoms with E-state index in [2.05, 4.69) is 21.2 Å². The van der Waals surface area contributed by atoms with Gasteiger partial charge >= 0.3 is 0 Å². The van der Waals surface area contributed by atoms with Gasteiger partial charge in [-0.2, -0.15) is 0 Å². The van der Waals surface area contributed by atoms with Gasteiger partial charge in [-0.15, -0.1) is 0 Å². The van der Waals surface area contributed by atoms with Gasteiger partial charge in [-0.05, 0) is 55.5 Å². The second kappa shape index (κ2) is 10.4. The van der Waals surface area contributed by atoms with Crippen LogP contribution in [0.4, 0.5) is 5.69 Å². The minimum Gasteiger partial charge on any atom is -0.355 e.